The maximum atomic E-state index is 14.2. The Morgan fingerprint density at radius 2 is 1.67 bits per heavy atom. The van der Waals surface area contributed by atoms with Gasteiger partial charge in [0.05, 0.1) is 0 Å². The molecule has 0 amide bonds. The Bertz CT molecular complexity index is 622. The quantitative estimate of drug-likeness (QED) is 0.560. The molecule has 0 heterocycles. The Morgan fingerprint density at radius 1 is 1.00 bits per heavy atom. The normalized spacial score (nSPS) is 11.7. The van der Waals surface area contributed by atoms with Crippen molar-refractivity contribution in [1.82, 2.24) is 0 Å². The van der Waals surface area contributed by atoms with Gasteiger partial charge in [0.25, 0.3) is 0 Å². The highest BCUT2D eigenvalue weighted by Gasteiger charge is 2.33. The van der Waals surface area contributed by atoms with Crippen molar-refractivity contribution >= 4 is 31.9 Å². The predicted molar refractivity (Wildman–Crippen MR) is 90.5 cm³/mol. The Morgan fingerprint density at radius 3 is 2.24 bits per heavy atom. The molecule has 0 unspecified atom stereocenters. The molecule has 21 heavy (non-hydrogen) atoms. The van der Waals surface area contributed by atoms with Crippen molar-refractivity contribution in [2.75, 3.05) is 10.7 Å². The minimum Gasteiger partial charge on any atom is -0.207 e. The standard InChI is InChI=1S/C17H16Br2F2/c1-12-8-14(20)7-6-13(12)9-17(10-18,11-19)15-4-2-3-5-16(15)21/h2-8H,9-11H2,1H3. The highest BCUT2D eigenvalue weighted by atomic mass is 79.9. The lowest BCUT2D eigenvalue weighted by Gasteiger charge is -2.32. The molecule has 0 bridgehead atoms. The first-order valence-electron chi connectivity index (χ1n) is 6.64. The van der Waals surface area contributed by atoms with Gasteiger partial charge in [-0.3, -0.25) is 0 Å². The minimum absolute atomic E-state index is 0.212. The van der Waals surface area contributed by atoms with Crippen LogP contribution in [0.2, 0.25) is 0 Å². The fourth-order valence-corrected chi connectivity index (χ4v) is 4.41. The third-order valence-corrected chi connectivity index (χ3v) is 5.94. The zero-order valence-corrected chi connectivity index (χ0v) is 14.8. The fraction of sp³-hybridized carbons (Fsp3) is 0.294. The molecule has 0 radical (unpaired) electrons. The molecule has 0 spiro atoms. The Kier molecular flexibility index (Phi) is 5.55. The second kappa shape index (κ2) is 7.01. The van der Waals surface area contributed by atoms with Crippen LogP contribution in [0.25, 0.3) is 0 Å². The van der Waals surface area contributed by atoms with Gasteiger partial charge in [-0.1, -0.05) is 56.1 Å². The fourth-order valence-electron chi connectivity index (χ4n) is 2.48. The van der Waals surface area contributed by atoms with Crippen LogP contribution in [0.1, 0.15) is 16.7 Å². The van der Waals surface area contributed by atoms with Crippen molar-refractivity contribution in [2.24, 2.45) is 0 Å². The van der Waals surface area contributed by atoms with Gasteiger partial charge in [-0.2, -0.15) is 0 Å². The van der Waals surface area contributed by atoms with Crippen LogP contribution < -0.4 is 0 Å². The summed E-state index contributed by atoms with van der Waals surface area (Å²) in [5.41, 5.74) is 2.17. The minimum atomic E-state index is -0.409. The number of rotatable bonds is 5. The van der Waals surface area contributed by atoms with Crippen molar-refractivity contribution in [3.63, 3.8) is 0 Å². The van der Waals surface area contributed by atoms with E-state index in [1.807, 2.05) is 19.1 Å². The molecule has 0 aliphatic heterocycles. The summed E-state index contributed by atoms with van der Waals surface area (Å²) >= 11 is 7.06. The molecule has 2 aromatic carbocycles. The van der Waals surface area contributed by atoms with E-state index in [9.17, 15) is 8.78 Å². The molecule has 2 aromatic rings. The molecule has 0 saturated carbocycles. The van der Waals surface area contributed by atoms with Crippen LogP contribution in [0.5, 0.6) is 0 Å². The summed E-state index contributed by atoms with van der Waals surface area (Å²) in [6.07, 6.45) is 0.635. The van der Waals surface area contributed by atoms with E-state index in [-0.39, 0.29) is 11.6 Å². The van der Waals surface area contributed by atoms with Crippen LogP contribution in [0, 0.1) is 18.6 Å². The average Bonchev–Trinajstić information content (AvgIpc) is 2.48. The molecule has 0 saturated heterocycles. The lowest BCUT2D eigenvalue weighted by Crippen LogP contribution is -2.34. The second-order valence-corrected chi connectivity index (χ2v) is 6.40. The van der Waals surface area contributed by atoms with Crippen LogP contribution in [0.3, 0.4) is 0 Å². The lowest BCUT2D eigenvalue weighted by molar-refractivity contribution is 0.499. The van der Waals surface area contributed by atoms with Crippen molar-refractivity contribution in [1.29, 1.82) is 0 Å². The first-order valence-corrected chi connectivity index (χ1v) is 8.89. The monoisotopic (exact) mass is 416 g/mol. The molecule has 4 heteroatoms. The summed E-state index contributed by atoms with van der Waals surface area (Å²) in [4.78, 5) is 0. The van der Waals surface area contributed by atoms with Gasteiger partial charge >= 0.3 is 0 Å². The van der Waals surface area contributed by atoms with Crippen LogP contribution in [-0.4, -0.2) is 10.7 Å². The maximum absolute atomic E-state index is 14.2. The second-order valence-electron chi connectivity index (χ2n) is 5.28. The predicted octanol–water partition coefficient (Wildman–Crippen LogP) is 5.54. The first-order chi connectivity index (χ1) is 10.0. The van der Waals surface area contributed by atoms with Gasteiger partial charge in [0.1, 0.15) is 11.6 Å². The van der Waals surface area contributed by atoms with Crippen LogP contribution in [0.4, 0.5) is 8.78 Å². The van der Waals surface area contributed by atoms with Gasteiger partial charge in [-0.15, -0.1) is 0 Å². The van der Waals surface area contributed by atoms with Gasteiger partial charge in [0, 0.05) is 16.1 Å². The summed E-state index contributed by atoms with van der Waals surface area (Å²) in [6.45, 7) is 1.88. The number of hydrogen-bond donors (Lipinski definition) is 0. The summed E-state index contributed by atoms with van der Waals surface area (Å²) < 4.78 is 27.5. The van der Waals surface area contributed by atoms with Gasteiger partial charge in [0.15, 0.2) is 0 Å². The lowest BCUT2D eigenvalue weighted by atomic mass is 9.78. The number of benzene rings is 2. The molecule has 112 valence electrons. The van der Waals surface area contributed by atoms with Gasteiger partial charge < -0.3 is 0 Å². The molecule has 0 aromatic heterocycles. The third kappa shape index (κ3) is 3.54. The molecule has 0 aliphatic carbocycles. The zero-order valence-electron chi connectivity index (χ0n) is 11.7. The Hall–Kier alpha value is -0.740. The summed E-state index contributed by atoms with van der Waals surface area (Å²) in [5, 5.41) is 1.23. The van der Waals surface area contributed by atoms with E-state index in [1.54, 1.807) is 12.1 Å². The topological polar surface area (TPSA) is 0 Å². The molecule has 0 aliphatic rings. The van der Waals surface area contributed by atoms with Crippen LogP contribution >= 0.6 is 31.9 Å². The summed E-state index contributed by atoms with van der Waals surface area (Å²) in [5.74, 6) is -0.457. The van der Waals surface area contributed by atoms with Gasteiger partial charge in [0.2, 0.25) is 0 Å². The van der Waals surface area contributed by atoms with E-state index in [0.29, 0.717) is 22.6 Å². The van der Waals surface area contributed by atoms with E-state index in [1.165, 1.54) is 18.2 Å². The smallest absolute Gasteiger partial charge is 0.127 e. The summed E-state index contributed by atoms with van der Waals surface area (Å²) in [6, 6.07) is 11.6. The van der Waals surface area contributed by atoms with Crippen molar-refractivity contribution in [3.05, 3.63) is 70.8 Å². The highest BCUT2D eigenvalue weighted by molar-refractivity contribution is 9.09. The van der Waals surface area contributed by atoms with Crippen LogP contribution in [-0.2, 0) is 11.8 Å². The van der Waals surface area contributed by atoms with Gasteiger partial charge in [-0.25, -0.2) is 8.78 Å². The van der Waals surface area contributed by atoms with Crippen molar-refractivity contribution in [2.45, 2.75) is 18.8 Å². The number of hydrogen-bond acceptors (Lipinski definition) is 0. The first kappa shape index (κ1) is 16.6. The number of halogens is 4. The molecular weight excluding hydrogens is 402 g/mol. The number of aryl methyl sites for hydroxylation is 1. The third-order valence-electron chi connectivity index (χ3n) is 3.79. The van der Waals surface area contributed by atoms with E-state index in [4.69, 9.17) is 0 Å². The van der Waals surface area contributed by atoms with Crippen molar-refractivity contribution < 1.29 is 8.78 Å². The molecule has 0 atom stereocenters. The largest absolute Gasteiger partial charge is 0.207 e. The molecule has 2 rings (SSSR count). The Balaban J connectivity index is 2.46. The van der Waals surface area contributed by atoms with E-state index >= 15 is 0 Å². The van der Waals surface area contributed by atoms with Crippen LogP contribution in [0.15, 0.2) is 42.5 Å². The van der Waals surface area contributed by atoms with E-state index in [0.717, 1.165) is 11.1 Å². The number of alkyl halides is 2. The van der Waals surface area contributed by atoms with E-state index < -0.39 is 5.41 Å². The summed E-state index contributed by atoms with van der Waals surface area (Å²) in [7, 11) is 0. The Labute approximate surface area is 140 Å². The molecule has 0 fully saturated rings. The average molecular weight is 418 g/mol. The van der Waals surface area contributed by atoms with Crippen molar-refractivity contribution in [3.8, 4) is 0 Å². The zero-order chi connectivity index (χ0) is 15.5. The maximum Gasteiger partial charge on any atom is 0.127 e. The van der Waals surface area contributed by atoms with E-state index in [2.05, 4.69) is 31.9 Å². The SMILES string of the molecule is Cc1cc(F)ccc1CC(CBr)(CBr)c1ccccc1F. The highest BCUT2D eigenvalue weighted by Crippen LogP contribution is 2.35. The molecule has 0 nitrogen and oxygen atoms in total. The molecular formula is C17H16Br2F2. The van der Waals surface area contributed by atoms with Gasteiger partial charge in [-0.05, 0) is 48.2 Å². The molecule has 0 N–H and O–H groups in total.